The lowest BCUT2D eigenvalue weighted by Crippen LogP contribution is -2.34. The van der Waals surface area contributed by atoms with Crippen LogP contribution in [0.3, 0.4) is 0 Å². The van der Waals surface area contributed by atoms with Gasteiger partial charge in [-0.2, -0.15) is 0 Å². The van der Waals surface area contributed by atoms with Gasteiger partial charge in [0.1, 0.15) is 12.4 Å². The number of hydrogen-bond donors (Lipinski definition) is 0. The summed E-state index contributed by atoms with van der Waals surface area (Å²) in [6, 6.07) is 27.2. The second-order valence-corrected chi connectivity index (χ2v) is 8.64. The van der Waals surface area contributed by atoms with Gasteiger partial charge in [-0.25, -0.2) is 4.98 Å². The third-order valence-corrected chi connectivity index (χ3v) is 6.41. The van der Waals surface area contributed by atoms with Gasteiger partial charge in [0.05, 0.1) is 11.0 Å². The van der Waals surface area contributed by atoms with E-state index in [1.807, 2.05) is 29.2 Å². The number of benzene rings is 3. The van der Waals surface area contributed by atoms with E-state index in [-0.39, 0.29) is 5.91 Å². The number of aromatic nitrogens is 2. The third-order valence-electron chi connectivity index (χ3n) is 6.41. The first-order chi connectivity index (χ1) is 15.8. The molecule has 4 heteroatoms. The molecule has 2 heterocycles. The largest absolute Gasteiger partial charge is 0.341 e. The standard InChI is InChI=1S/C28H29N3O/c32-28(30-18-8-1-2-9-19-30)21-31-26-13-7-6-12-25(26)29-27(31)20-22-14-16-24(17-15-22)23-10-4-3-5-11-23/h3-7,10-17H,1-2,8-9,18-21H2. The zero-order chi connectivity index (χ0) is 21.8. The number of para-hydroxylation sites is 2. The lowest BCUT2D eigenvalue weighted by atomic mass is 10.0. The number of carbonyl (C=O) groups excluding carboxylic acids is 1. The number of nitrogens with zero attached hydrogens (tertiary/aromatic N) is 3. The van der Waals surface area contributed by atoms with Crippen molar-refractivity contribution in [1.82, 2.24) is 14.5 Å². The summed E-state index contributed by atoms with van der Waals surface area (Å²) >= 11 is 0. The highest BCUT2D eigenvalue weighted by atomic mass is 16.2. The van der Waals surface area contributed by atoms with Gasteiger partial charge in [-0.05, 0) is 41.7 Å². The minimum Gasteiger partial charge on any atom is -0.341 e. The van der Waals surface area contributed by atoms with Crippen LogP contribution in [0.1, 0.15) is 37.1 Å². The van der Waals surface area contributed by atoms with Crippen molar-refractivity contribution in [1.29, 1.82) is 0 Å². The molecule has 0 spiro atoms. The average molecular weight is 424 g/mol. The second kappa shape index (κ2) is 9.39. The predicted octanol–water partition coefficient (Wildman–Crippen LogP) is 5.70. The van der Waals surface area contributed by atoms with E-state index in [4.69, 9.17) is 4.98 Å². The molecule has 3 aromatic carbocycles. The molecule has 0 saturated carbocycles. The Hall–Kier alpha value is -3.40. The molecule has 0 aliphatic carbocycles. The second-order valence-electron chi connectivity index (χ2n) is 8.64. The molecule has 0 unspecified atom stereocenters. The van der Waals surface area contributed by atoms with E-state index in [1.54, 1.807) is 0 Å². The summed E-state index contributed by atoms with van der Waals surface area (Å²) in [5.41, 5.74) is 5.61. The summed E-state index contributed by atoms with van der Waals surface area (Å²) < 4.78 is 2.12. The van der Waals surface area contributed by atoms with Gasteiger partial charge in [0.15, 0.2) is 0 Å². The van der Waals surface area contributed by atoms with Crippen LogP contribution in [-0.4, -0.2) is 33.4 Å². The molecule has 0 bridgehead atoms. The first kappa shape index (κ1) is 20.5. The molecule has 0 atom stereocenters. The van der Waals surface area contributed by atoms with Crippen molar-refractivity contribution < 1.29 is 4.79 Å². The lowest BCUT2D eigenvalue weighted by Gasteiger charge is -2.21. The van der Waals surface area contributed by atoms with Crippen LogP contribution in [0, 0.1) is 0 Å². The van der Waals surface area contributed by atoms with Crippen molar-refractivity contribution in [2.24, 2.45) is 0 Å². The molecule has 0 N–H and O–H groups in total. The molecule has 4 aromatic rings. The molecule has 1 aliphatic heterocycles. The Morgan fingerprint density at radius 2 is 1.41 bits per heavy atom. The number of amides is 1. The smallest absolute Gasteiger partial charge is 0.242 e. The van der Waals surface area contributed by atoms with E-state index in [0.717, 1.165) is 42.8 Å². The van der Waals surface area contributed by atoms with Gasteiger partial charge in [0.2, 0.25) is 5.91 Å². The van der Waals surface area contributed by atoms with Crippen LogP contribution in [0.25, 0.3) is 22.2 Å². The van der Waals surface area contributed by atoms with E-state index in [1.165, 1.54) is 29.5 Å². The molecule has 1 saturated heterocycles. The minimum absolute atomic E-state index is 0.204. The van der Waals surface area contributed by atoms with Gasteiger partial charge in [-0.3, -0.25) is 4.79 Å². The van der Waals surface area contributed by atoms with Crippen LogP contribution in [0.15, 0.2) is 78.9 Å². The number of imidazole rings is 1. The van der Waals surface area contributed by atoms with Gasteiger partial charge >= 0.3 is 0 Å². The normalized spacial score (nSPS) is 14.4. The zero-order valence-electron chi connectivity index (χ0n) is 18.4. The maximum Gasteiger partial charge on any atom is 0.242 e. The van der Waals surface area contributed by atoms with E-state index in [9.17, 15) is 4.79 Å². The van der Waals surface area contributed by atoms with Crippen LogP contribution < -0.4 is 0 Å². The fourth-order valence-corrected chi connectivity index (χ4v) is 4.62. The van der Waals surface area contributed by atoms with Gasteiger partial charge in [0, 0.05) is 19.5 Å². The maximum absolute atomic E-state index is 13.1. The number of hydrogen-bond acceptors (Lipinski definition) is 2. The number of fused-ring (bicyclic) bond motifs is 1. The highest BCUT2D eigenvalue weighted by Crippen LogP contribution is 2.23. The summed E-state index contributed by atoms with van der Waals surface area (Å²) in [6.45, 7) is 2.11. The van der Waals surface area contributed by atoms with Crippen LogP contribution in [0.5, 0.6) is 0 Å². The quantitative estimate of drug-likeness (QED) is 0.413. The SMILES string of the molecule is O=C(Cn1c(Cc2ccc(-c3ccccc3)cc2)nc2ccccc21)N1CCCCCC1. The van der Waals surface area contributed by atoms with Gasteiger partial charge < -0.3 is 9.47 Å². The Morgan fingerprint density at radius 3 is 2.16 bits per heavy atom. The van der Waals surface area contributed by atoms with Crippen molar-refractivity contribution >= 4 is 16.9 Å². The molecular formula is C28H29N3O. The highest BCUT2D eigenvalue weighted by molar-refractivity contribution is 5.81. The summed E-state index contributed by atoms with van der Waals surface area (Å²) in [7, 11) is 0. The van der Waals surface area contributed by atoms with Crippen molar-refractivity contribution in [2.45, 2.75) is 38.6 Å². The summed E-state index contributed by atoms with van der Waals surface area (Å²) in [6.07, 6.45) is 5.37. The Balaban J connectivity index is 1.40. The monoisotopic (exact) mass is 423 g/mol. The fourth-order valence-electron chi connectivity index (χ4n) is 4.62. The number of rotatable bonds is 5. The van der Waals surface area contributed by atoms with Crippen molar-refractivity contribution in [3.8, 4) is 11.1 Å². The van der Waals surface area contributed by atoms with E-state index < -0.39 is 0 Å². The van der Waals surface area contributed by atoms with E-state index in [0.29, 0.717) is 13.0 Å². The van der Waals surface area contributed by atoms with Crippen LogP contribution in [-0.2, 0) is 17.8 Å². The molecule has 0 radical (unpaired) electrons. The molecule has 1 aliphatic rings. The van der Waals surface area contributed by atoms with Gasteiger partial charge in [0.25, 0.3) is 0 Å². The molecule has 1 amide bonds. The molecule has 32 heavy (non-hydrogen) atoms. The van der Waals surface area contributed by atoms with Crippen LogP contribution >= 0.6 is 0 Å². The van der Waals surface area contributed by atoms with Gasteiger partial charge in [-0.15, -0.1) is 0 Å². The summed E-state index contributed by atoms with van der Waals surface area (Å²) in [5, 5.41) is 0. The van der Waals surface area contributed by atoms with Crippen LogP contribution in [0.4, 0.5) is 0 Å². The van der Waals surface area contributed by atoms with Gasteiger partial charge in [-0.1, -0.05) is 79.6 Å². The topological polar surface area (TPSA) is 38.1 Å². The fraction of sp³-hybridized carbons (Fsp3) is 0.286. The molecule has 4 nitrogen and oxygen atoms in total. The summed E-state index contributed by atoms with van der Waals surface area (Å²) in [5.74, 6) is 1.15. The number of likely N-dealkylation sites (tertiary alicyclic amines) is 1. The molecular weight excluding hydrogens is 394 g/mol. The van der Waals surface area contributed by atoms with Crippen molar-refractivity contribution in [2.75, 3.05) is 13.1 Å². The molecule has 162 valence electrons. The Kier molecular flexibility index (Phi) is 6.02. The Morgan fingerprint density at radius 1 is 0.750 bits per heavy atom. The first-order valence-corrected chi connectivity index (χ1v) is 11.6. The average Bonchev–Trinajstić information content (AvgIpc) is 3.00. The van der Waals surface area contributed by atoms with Crippen molar-refractivity contribution in [3.63, 3.8) is 0 Å². The predicted molar refractivity (Wildman–Crippen MR) is 129 cm³/mol. The Labute approximate surface area is 189 Å². The molecule has 1 fully saturated rings. The number of carbonyl (C=O) groups is 1. The first-order valence-electron chi connectivity index (χ1n) is 11.6. The van der Waals surface area contributed by atoms with Crippen LogP contribution in [0.2, 0.25) is 0 Å². The highest BCUT2D eigenvalue weighted by Gasteiger charge is 2.19. The molecule has 1 aromatic heterocycles. The lowest BCUT2D eigenvalue weighted by molar-refractivity contribution is -0.131. The molecule has 5 rings (SSSR count). The Bertz CT molecular complexity index is 1190. The van der Waals surface area contributed by atoms with E-state index in [2.05, 4.69) is 59.2 Å². The zero-order valence-corrected chi connectivity index (χ0v) is 18.4. The third kappa shape index (κ3) is 4.45. The van der Waals surface area contributed by atoms with E-state index >= 15 is 0 Å². The summed E-state index contributed by atoms with van der Waals surface area (Å²) in [4.78, 5) is 20.1. The maximum atomic E-state index is 13.1. The van der Waals surface area contributed by atoms with Crippen molar-refractivity contribution in [3.05, 3.63) is 90.3 Å². The minimum atomic E-state index is 0.204.